The molecule has 1 aromatic heterocycles. The van der Waals surface area contributed by atoms with Gasteiger partial charge in [-0.05, 0) is 13.8 Å². The average molecular weight is 154 g/mol. The topological polar surface area (TPSA) is 25.8 Å². The SMILES string of the molecule is Cc1ncc(CP)nc1C. The molecule has 3 heteroatoms. The highest BCUT2D eigenvalue weighted by atomic mass is 31.0. The van der Waals surface area contributed by atoms with Gasteiger partial charge in [-0.15, -0.1) is 9.24 Å². The zero-order valence-corrected chi connectivity index (χ0v) is 7.41. The molecule has 0 saturated heterocycles. The van der Waals surface area contributed by atoms with Crippen LogP contribution in [0, 0.1) is 13.8 Å². The Morgan fingerprint density at radius 2 is 2.10 bits per heavy atom. The van der Waals surface area contributed by atoms with Gasteiger partial charge in [-0.3, -0.25) is 9.97 Å². The Labute approximate surface area is 63.3 Å². The van der Waals surface area contributed by atoms with Crippen LogP contribution in [0.1, 0.15) is 17.1 Å². The predicted octanol–water partition coefficient (Wildman–Crippen LogP) is 1.47. The lowest BCUT2D eigenvalue weighted by atomic mass is 10.3. The van der Waals surface area contributed by atoms with Gasteiger partial charge in [0.1, 0.15) is 0 Å². The van der Waals surface area contributed by atoms with Crippen LogP contribution in [0.15, 0.2) is 6.20 Å². The lowest BCUT2D eigenvalue weighted by Gasteiger charge is -1.99. The summed E-state index contributed by atoms with van der Waals surface area (Å²) in [4.78, 5) is 8.48. The minimum Gasteiger partial charge on any atom is -0.258 e. The van der Waals surface area contributed by atoms with Gasteiger partial charge in [0.05, 0.1) is 17.1 Å². The van der Waals surface area contributed by atoms with Gasteiger partial charge in [-0.1, -0.05) is 0 Å². The van der Waals surface area contributed by atoms with Crippen LogP contribution in [0.2, 0.25) is 0 Å². The van der Waals surface area contributed by atoms with Crippen molar-refractivity contribution in [2.45, 2.75) is 20.0 Å². The first-order chi connectivity index (χ1) is 4.74. The molecule has 1 unspecified atom stereocenters. The number of aryl methyl sites for hydroxylation is 2. The van der Waals surface area contributed by atoms with Crippen molar-refractivity contribution >= 4 is 9.24 Å². The number of hydrogen-bond acceptors (Lipinski definition) is 2. The lowest BCUT2D eigenvalue weighted by molar-refractivity contribution is 0.994. The van der Waals surface area contributed by atoms with E-state index in [4.69, 9.17) is 0 Å². The number of rotatable bonds is 1. The van der Waals surface area contributed by atoms with Crippen LogP contribution in [0.4, 0.5) is 0 Å². The molecular weight excluding hydrogens is 143 g/mol. The Balaban J connectivity index is 3.04. The highest BCUT2D eigenvalue weighted by Crippen LogP contribution is 2.03. The summed E-state index contributed by atoms with van der Waals surface area (Å²) in [5.41, 5.74) is 3.08. The molecule has 2 nitrogen and oxygen atoms in total. The molecule has 0 N–H and O–H groups in total. The van der Waals surface area contributed by atoms with E-state index in [2.05, 4.69) is 19.2 Å². The van der Waals surface area contributed by atoms with E-state index in [0.717, 1.165) is 23.2 Å². The van der Waals surface area contributed by atoms with E-state index in [1.165, 1.54) is 0 Å². The van der Waals surface area contributed by atoms with E-state index in [-0.39, 0.29) is 0 Å². The summed E-state index contributed by atoms with van der Waals surface area (Å²) >= 11 is 0. The second-order valence-corrected chi connectivity index (χ2v) is 2.64. The minimum absolute atomic E-state index is 0.883. The van der Waals surface area contributed by atoms with Crippen molar-refractivity contribution in [1.29, 1.82) is 0 Å². The molecule has 1 aromatic rings. The molecule has 0 aliphatic carbocycles. The fourth-order valence-electron chi connectivity index (χ4n) is 0.688. The molecule has 0 aliphatic rings. The van der Waals surface area contributed by atoms with Crippen LogP contribution in [-0.4, -0.2) is 9.97 Å². The summed E-state index contributed by atoms with van der Waals surface area (Å²) < 4.78 is 0. The Morgan fingerprint density at radius 3 is 2.60 bits per heavy atom. The van der Waals surface area contributed by atoms with Crippen molar-refractivity contribution in [3.05, 3.63) is 23.3 Å². The number of aromatic nitrogens is 2. The first-order valence-electron chi connectivity index (χ1n) is 3.23. The first kappa shape index (κ1) is 7.62. The summed E-state index contributed by atoms with van der Waals surface area (Å²) in [6.45, 7) is 3.95. The van der Waals surface area contributed by atoms with E-state index in [9.17, 15) is 0 Å². The average Bonchev–Trinajstić information content (AvgIpc) is 1.95. The van der Waals surface area contributed by atoms with Crippen molar-refractivity contribution in [2.24, 2.45) is 0 Å². The summed E-state index contributed by atoms with van der Waals surface area (Å²) in [5, 5.41) is 0. The second kappa shape index (κ2) is 3.07. The van der Waals surface area contributed by atoms with Gasteiger partial charge in [-0.25, -0.2) is 0 Å². The van der Waals surface area contributed by atoms with E-state index >= 15 is 0 Å². The van der Waals surface area contributed by atoms with E-state index in [0.29, 0.717) is 0 Å². The van der Waals surface area contributed by atoms with Crippen LogP contribution < -0.4 is 0 Å². The van der Waals surface area contributed by atoms with E-state index in [1.54, 1.807) is 0 Å². The summed E-state index contributed by atoms with van der Waals surface area (Å²) in [5.74, 6) is 0. The van der Waals surface area contributed by atoms with Crippen LogP contribution >= 0.6 is 9.24 Å². The molecule has 10 heavy (non-hydrogen) atoms. The lowest BCUT2D eigenvalue weighted by Crippen LogP contribution is -1.94. The molecule has 54 valence electrons. The molecule has 0 bridgehead atoms. The Kier molecular flexibility index (Phi) is 2.34. The largest absolute Gasteiger partial charge is 0.258 e. The van der Waals surface area contributed by atoms with Crippen molar-refractivity contribution in [3.63, 3.8) is 0 Å². The molecule has 0 saturated carbocycles. The molecule has 0 radical (unpaired) electrons. The van der Waals surface area contributed by atoms with Crippen molar-refractivity contribution in [3.8, 4) is 0 Å². The van der Waals surface area contributed by atoms with Gasteiger partial charge < -0.3 is 0 Å². The Hall–Kier alpha value is -0.490. The van der Waals surface area contributed by atoms with Crippen molar-refractivity contribution < 1.29 is 0 Å². The van der Waals surface area contributed by atoms with Gasteiger partial charge in [0.15, 0.2) is 0 Å². The molecule has 1 heterocycles. The van der Waals surface area contributed by atoms with Gasteiger partial charge in [0.2, 0.25) is 0 Å². The fraction of sp³-hybridized carbons (Fsp3) is 0.429. The maximum Gasteiger partial charge on any atom is 0.0627 e. The maximum absolute atomic E-state index is 4.31. The molecule has 0 spiro atoms. The van der Waals surface area contributed by atoms with Crippen LogP contribution in [0.25, 0.3) is 0 Å². The molecule has 0 amide bonds. The summed E-state index contributed by atoms with van der Waals surface area (Å²) in [6, 6.07) is 0. The first-order valence-corrected chi connectivity index (χ1v) is 4.05. The third-order valence-corrected chi connectivity index (χ3v) is 1.87. The normalized spacial score (nSPS) is 9.90. The van der Waals surface area contributed by atoms with Crippen LogP contribution in [0.5, 0.6) is 0 Å². The fourth-order valence-corrected chi connectivity index (χ4v) is 0.885. The van der Waals surface area contributed by atoms with Crippen LogP contribution in [-0.2, 0) is 6.16 Å². The standard InChI is InChI=1S/C7H11N2P/c1-5-6(2)9-7(4-10)3-8-5/h3H,4,10H2,1-2H3. The smallest absolute Gasteiger partial charge is 0.0627 e. The third kappa shape index (κ3) is 1.51. The molecule has 0 fully saturated rings. The molecular formula is C7H11N2P. The van der Waals surface area contributed by atoms with Gasteiger partial charge >= 0.3 is 0 Å². The van der Waals surface area contributed by atoms with Gasteiger partial charge in [0, 0.05) is 12.4 Å². The predicted molar refractivity (Wildman–Crippen MR) is 44.9 cm³/mol. The van der Waals surface area contributed by atoms with Crippen molar-refractivity contribution in [2.75, 3.05) is 0 Å². The van der Waals surface area contributed by atoms with E-state index in [1.807, 2.05) is 20.0 Å². The van der Waals surface area contributed by atoms with Gasteiger partial charge in [0.25, 0.3) is 0 Å². The highest BCUT2D eigenvalue weighted by molar-refractivity contribution is 7.15. The molecule has 1 rings (SSSR count). The summed E-state index contributed by atoms with van der Waals surface area (Å²) in [7, 11) is 2.63. The van der Waals surface area contributed by atoms with Crippen molar-refractivity contribution in [1.82, 2.24) is 9.97 Å². The molecule has 0 aliphatic heterocycles. The Morgan fingerprint density at radius 1 is 1.40 bits per heavy atom. The monoisotopic (exact) mass is 154 g/mol. The molecule has 1 atom stereocenters. The minimum atomic E-state index is 0.883. The number of hydrogen-bond donors (Lipinski definition) is 0. The summed E-state index contributed by atoms with van der Waals surface area (Å²) in [6.07, 6.45) is 2.70. The quantitative estimate of drug-likeness (QED) is 0.572. The Bertz CT molecular complexity index is 235. The third-order valence-electron chi connectivity index (χ3n) is 1.45. The van der Waals surface area contributed by atoms with Gasteiger partial charge in [-0.2, -0.15) is 0 Å². The zero-order chi connectivity index (χ0) is 7.56. The molecule has 0 aromatic carbocycles. The maximum atomic E-state index is 4.31. The zero-order valence-electron chi connectivity index (χ0n) is 6.26. The van der Waals surface area contributed by atoms with E-state index < -0.39 is 0 Å². The van der Waals surface area contributed by atoms with Crippen LogP contribution in [0.3, 0.4) is 0 Å². The number of nitrogens with zero attached hydrogens (tertiary/aromatic N) is 2. The highest BCUT2D eigenvalue weighted by Gasteiger charge is 1.95. The second-order valence-electron chi connectivity index (χ2n) is 2.24.